The summed E-state index contributed by atoms with van der Waals surface area (Å²) in [6, 6.07) is 0. The minimum atomic E-state index is 0.117. The lowest BCUT2D eigenvalue weighted by Gasteiger charge is -2.12. The fourth-order valence-electron chi connectivity index (χ4n) is 0.976. The van der Waals surface area contributed by atoms with Crippen molar-refractivity contribution in [1.82, 2.24) is 5.32 Å². The molecule has 0 fully saturated rings. The molecule has 0 aliphatic heterocycles. The van der Waals surface area contributed by atoms with Crippen LogP contribution >= 0.6 is 15.9 Å². The summed E-state index contributed by atoms with van der Waals surface area (Å²) < 4.78 is 4.97. The van der Waals surface area contributed by atoms with E-state index in [0.29, 0.717) is 18.0 Å². The molecule has 84 valence electrons. The second-order valence-electron chi connectivity index (χ2n) is 3.44. The first kappa shape index (κ1) is 13.9. The first-order valence-electron chi connectivity index (χ1n) is 5.02. The van der Waals surface area contributed by atoms with Crippen LogP contribution in [0.4, 0.5) is 0 Å². The van der Waals surface area contributed by atoms with Crippen LogP contribution < -0.4 is 5.32 Å². The van der Waals surface area contributed by atoms with E-state index >= 15 is 0 Å². The maximum Gasteiger partial charge on any atom is 0.222 e. The van der Waals surface area contributed by atoms with Crippen molar-refractivity contribution >= 4 is 21.8 Å². The lowest BCUT2D eigenvalue weighted by Crippen LogP contribution is -2.31. The lowest BCUT2D eigenvalue weighted by molar-refractivity contribution is -0.124. The molecule has 2 unspecified atom stereocenters. The molecule has 2 atom stereocenters. The molecule has 0 aromatic carbocycles. The predicted molar refractivity (Wildman–Crippen MR) is 61.7 cm³/mol. The zero-order valence-electron chi connectivity index (χ0n) is 9.18. The van der Waals surface area contributed by atoms with Crippen LogP contribution in [0.25, 0.3) is 0 Å². The molecule has 14 heavy (non-hydrogen) atoms. The molecule has 0 saturated heterocycles. The quantitative estimate of drug-likeness (QED) is 0.715. The van der Waals surface area contributed by atoms with Gasteiger partial charge in [0, 0.05) is 24.4 Å². The molecule has 0 saturated carbocycles. The zero-order valence-corrected chi connectivity index (χ0v) is 10.8. The molecular weight excluding hydrogens is 246 g/mol. The number of ether oxygens (including phenoxy) is 1. The Kier molecular flexibility index (Phi) is 8.18. The van der Waals surface area contributed by atoms with Gasteiger partial charge in [-0.15, -0.1) is 0 Å². The minimum Gasteiger partial charge on any atom is -0.384 e. The van der Waals surface area contributed by atoms with E-state index in [1.54, 1.807) is 7.11 Å². The van der Waals surface area contributed by atoms with Crippen LogP contribution in [0.1, 0.15) is 26.7 Å². The Labute approximate surface area is 94.7 Å². The minimum absolute atomic E-state index is 0.117. The van der Waals surface area contributed by atoms with Gasteiger partial charge < -0.3 is 10.1 Å². The van der Waals surface area contributed by atoms with Crippen molar-refractivity contribution < 1.29 is 9.53 Å². The first-order chi connectivity index (χ1) is 6.61. The molecule has 0 aromatic heterocycles. The van der Waals surface area contributed by atoms with Gasteiger partial charge in [-0.25, -0.2) is 0 Å². The summed E-state index contributed by atoms with van der Waals surface area (Å²) in [5, 5.41) is 2.90. The number of amides is 1. The van der Waals surface area contributed by atoms with E-state index in [2.05, 4.69) is 21.2 Å². The van der Waals surface area contributed by atoms with Gasteiger partial charge in [0.2, 0.25) is 5.91 Å². The number of hydrogen-bond donors (Lipinski definition) is 1. The fourth-order valence-corrected chi connectivity index (χ4v) is 1.47. The van der Waals surface area contributed by atoms with E-state index in [9.17, 15) is 4.79 Å². The van der Waals surface area contributed by atoms with Crippen LogP contribution in [0.2, 0.25) is 0 Å². The van der Waals surface area contributed by atoms with Crippen LogP contribution in [0.15, 0.2) is 0 Å². The van der Waals surface area contributed by atoms with E-state index < -0.39 is 0 Å². The van der Waals surface area contributed by atoms with Crippen molar-refractivity contribution in [2.45, 2.75) is 31.5 Å². The van der Waals surface area contributed by atoms with Crippen LogP contribution in [-0.4, -0.2) is 31.0 Å². The Morgan fingerprint density at radius 2 is 2.21 bits per heavy atom. The van der Waals surface area contributed by atoms with Crippen molar-refractivity contribution in [2.75, 3.05) is 20.3 Å². The third-order valence-electron chi connectivity index (χ3n) is 2.16. The van der Waals surface area contributed by atoms with Gasteiger partial charge in [-0.1, -0.05) is 29.8 Å². The average Bonchev–Trinajstić information content (AvgIpc) is 2.16. The number of carbonyl (C=O) groups excluding carboxylic acids is 1. The van der Waals surface area contributed by atoms with Crippen LogP contribution in [-0.2, 0) is 9.53 Å². The molecular formula is C10H20BrNO2. The highest BCUT2D eigenvalue weighted by Crippen LogP contribution is 2.05. The second-order valence-corrected chi connectivity index (χ2v) is 4.74. The highest BCUT2D eigenvalue weighted by Gasteiger charge is 2.10. The van der Waals surface area contributed by atoms with Gasteiger partial charge in [-0.05, 0) is 12.8 Å². The highest BCUT2D eigenvalue weighted by atomic mass is 79.9. The normalized spacial score (nSPS) is 14.9. The molecule has 0 aliphatic carbocycles. The number of hydrogen-bond acceptors (Lipinski definition) is 2. The summed E-state index contributed by atoms with van der Waals surface area (Å²) in [6.07, 6.45) is 1.79. The van der Waals surface area contributed by atoms with Gasteiger partial charge in [0.1, 0.15) is 0 Å². The number of alkyl halides is 1. The molecule has 1 N–H and O–H groups in total. The second kappa shape index (κ2) is 8.24. The van der Waals surface area contributed by atoms with Crippen LogP contribution in [0.3, 0.4) is 0 Å². The molecule has 0 aromatic rings. The van der Waals surface area contributed by atoms with Gasteiger partial charge in [0.25, 0.3) is 0 Å². The molecule has 0 aliphatic rings. The monoisotopic (exact) mass is 265 g/mol. The summed E-state index contributed by atoms with van der Waals surface area (Å²) in [5.74, 6) is 0.260. The van der Waals surface area contributed by atoms with Gasteiger partial charge in [-0.2, -0.15) is 0 Å². The topological polar surface area (TPSA) is 38.3 Å². The summed E-state index contributed by atoms with van der Waals surface area (Å²) in [4.78, 5) is 11.7. The maximum absolute atomic E-state index is 11.4. The largest absolute Gasteiger partial charge is 0.384 e. The Morgan fingerprint density at radius 3 is 2.71 bits per heavy atom. The third kappa shape index (κ3) is 6.38. The zero-order chi connectivity index (χ0) is 11.0. The van der Waals surface area contributed by atoms with Crippen molar-refractivity contribution in [2.24, 2.45) is 5.92 Å². The van der Waals surface area contributed by atoms with E-state index in [4.69, 9.17) is 4.74 Å². The number of rotatable bonds is 7. The molecule has 0 heterocycles. The first-order valence-corrected chi connectivity index (χ1v) is 5.94. The van der Waals surface area contributed by atoms with E-state index in [-0.39, 0.29) is 11.8 Å². The summed E-state index contributed by atoms with van der Waals surface area (Å²) >= 11 is 3.47. The third-order valence-corrected chi connectivity index (χ3v) is 2.89. The lowest BCUT2D eigenvalue weighted by atomic mass is 10.1. The molecule has 0 rings (SSSR count). The Bertz CT molecular complexity index is 164. The van der Waals surface area contributed by atoms with Crippen molar-refractivity contribution in [3.8, 4) is 0 Å². The van der Waals surface area contributed by atoms with E-state index in [1.807, 2.05) is 13.8 Å². The maximum atomic E-state index is 11.4. The van der Waals surface area contributed by atoms with Crippen LogP contribution in [0, 0.1) is 5.92 Å². The van der Waals surface area contributed by atoms with Crippen molar-refractivity contribution in [3.05, 3.63) is 0 Å². The summed E-state index contributed by atoms with van der Waals surface area (Å²) in [6.45, 7) is 5.35. The Balaban J connectivity index is 3.48. The number of methoxy groups -OCH3 is 1. The molecule has 4 heteroatoms. The summed E-state index contributed by atoms with van der Waals surface area (Å²) in [7, 11) is 1.67. The molecule has 0 spiro atoms. The molecule has 0 bridgehead atoms. The van der Waals surface area contributed by atoms with Gasteiger partial charge in [0.15, 0.2) is 0 Å². The van der Waals surface area contributed by atoms with E-state index in [1.165, 1.54) is 0 Å². The van der Waals surface area contributed by atoms with Gasteiger partial charge in [0.05, 0.1) is 6.61 Å². The number of halogens is 1. The Morgan fingerprint density at radius 1 is 1.57 bits per heavy atom. The van der Waals surface area contributed by atoms with Crippen molar-refractivity contribution in [3.63, 3.8) is 0 Å². The number of carbonyl (C=O) groups is 1. The molecule has 0 radical (unpaired) electrons. The molecule has 3 nitrogen and oxygen atoms in total. The highest BCUT2D eigenvalue weighted by molar-refractivity contribution is 9.09. The smallest absolute Gasteiger partial charge is 0.222 e. The predicted octanol–water partition coefficient (Wildman–Crippen LogP) is 1.95. The Hall–Kier alpha value is -0.0900. The fraction of sp³-hybridized carbons (Fsp3) is 0.900. The molecule has 1 amide bonds. The standard InChI is InChI=1S/C10H20BrNO2/c1-4-8(2)10(13)12-6-5-9(11)7-14-3/h8-9H,4-7H2,1-3H3,(H,12,13). The van der Waals surface area contributed by atoms with Crippen molar-refractivity contribution in [1.29, 1.82) is 0 Å². The van der Waals surface area contributed by atoms with Gasteiger partial charge >= 0.3 is 0 Å². The van der Waals surface area contributed by atoms with Gasteiger partial charge in [-0.3, -0.25) is 4.79 Å². The number of nitrogens with one attached hydrogen (secondary N) is 1. The average molecular weight is 266 g/mol. The SMILES string of the molecule is CCC(C)C(=O)NCCC(Br)COC. The van der Waals surface area contributed by atoms with Crippen LogP contribution in [0.5, 0.6) is 0 Å². The van der Waals surface area contributed by atoms with E-state index in [0.717, 1.165) is 12.8 Å². The summed E-state index contributed by atoms with van der Waals surface area (Å²) in [5.41, 5.74) is 0.